The Bertz CT molecular complexity index is 76.6. The highest BCUT2D eigenvalue weighted by atomic mass is 16.3. The molecule has 0 aromatic carbocycles. The molecule has 4 nitrogen and oxygen atoms in total. The third-order valence-electron chi connectivity index (χ3n) is 0.879. The van der Waals surface area contributed by atoms with Gasteiger partial charge >= 0.3 is 0 Å². The molecular formula is C5H11NO3. The number of hydrogen-bond acceptors (Lipinski definition) is 4. The van der Waals surface area contributed by atoms with Crippen LogP contribution in [0.25, 0.3) is 0 Å². The first kappa shape index (κ1) is 8.55. The summed E-state index contributed by atoms with van der Waals surface area (Å²) in [5, 5.41) is 19.2. The van der Waals surface area contributed by atoms with Gasteiger partial charge in [-0.3, -0.25) is 0 Å². The second kappa shape index (κ2) is 5.68. The Kier molecular flexibility index (Phi) is 5.40. The van der Waals surface area contributed by atoms with Gasteiger partial charge in [0, 0.05) is 6.54 Å². The summed E-state index contributed by atoms with van der Waals surface area (Å²) in [6, 6.07) is -0.530. The quantitative estimate of drug-likeness (QED) is 0.384. The molecule has 3 N–H and O–H groups in total. The first-order valence-corrected chi connectivity index (χ1v) is 2.75. The van der Waals surface area contributed by atoms with E-state index < -0.39 is 6.04 Å². The van der Waals surface area contributed by atoms with E-state index in [9.17, 15) is 4.79 Å². The molecule has 9 heavy (non-hydrogen) atoms. The van der Waals surface area contributed by atoms with Gasteiger partial charge in [0.05, 0.1) is 19.3 Å². The molecule has 1 unspecified atom stereocenters. The van der Waals surface area contributed by atoms with Crippen LogP contribution < -0.4 is 5.32 Å². The molecule has 0 rings (SSSR count). The lowest BCUT2D eigenvalue weighted by Crippen LogP contribution is -2.35. The van der Waals surface area contributed by atoms with Gasteiger partial charge in [-0.25, -0.2) is 0 Å². The molecule has 0 aliphatic rings. The number of hydrogen-bond donors (Lipinski definition) is 3. The summed E-state index contributed by atoms with van der Waals surface area (Å²) >= 11 is 0. The fourth-order valence-corrected chi connectivity index (χ4v) is 0.406. The van der Waals surface area contributed by atoms with E-state index in [4.69, 9.17) is 10.2 Å². The van der Waals surface area contributed by atoms with E-state index in [2.05, 4.69) is 5.32 Å². The summed E-state index contributed by atoms with van der Waals surface area (Å²) < 4.78 is 0. The molecular weight excluding hydrogens is 122 g/mol. The van der Waals surface area contributed by atoms with E-state index >= 15 is 0 Å². The number of aliphatic hydroxyl groups is 2. The van der Waals surface area contributed by atoms with Crippen molar-refractivity contribution < 1.29 is 15.0 Å². The summed E-state index contributed by atoms with van der Waals surface area (Å²) in [4.78, 5) is 9.94. The molecule has 0 aliphatic heterocycles. The number of aliphatic hydroxyl groups excluding tert-OH is 2. The zero-order valence-corrected chi connectivity index (χ0v) is 5.08. The molecule has 1 atom stereocenters. The summed E-state index contributed by atoms with van der Waals surface area (Å²) in [5.41, 5.74) is 0. The summed E-state index contributed by atoms with van der Waals surface area (Å²) in [5.74, 6) is 0. The smallest absolute Gasteiger partial charge is 0.139 e. The highest BCUT2D eigenvalue weighted by molar-refractivity contribution is 5.57. The molecule has 0 radical (unpaired) electrons. The Morgan fingerprint density at radius 3 is 2.56 bits per heavy atom. The fourth-order valence-electron chi connectivity index (χ4n) is 0.406. The maximum Gasteiger partial charge on any atom is 0.139 e. The topological polar surface area (TPSA) is 69.6 Å². The van der Waals surface area contributed by atoms with E-state index in [1.54, 1.807) is 0 Å². The van der Waals surface area contributed by atoms with Crippen LogP contribution in [0.2, 0.25) is 0 Å². The molecule has 0 saturated carbocycles. The molecule has 0 heterocycles. The average Bonchev–Trinajstić information content (AvgIpc) is 1.91. The van der Waals surface area contributed by atoms with E-state index in [1.807, 2.05) is 0 Å². The molecule has 54 valence electrons. The summed E-state index contributed by atoms with van der Waals surface area (Å²) in [7, 11) is 0. The van der Waals surface area contributed by atoms with Crippen LogP contribution >= 0.6 is 0 Å². The summed E-state index contributed by atoms with van der Waals surface area (Å²) in [6.45, 7) is 0.0950. The van der Waals surface area contributed by atoms with Gasteiger partial charge in [-0.05, 0) is 0 Å². The maximum absolute atomic E-state index is 9.94. The van der Waals surface area contributed by atoms with Crippen LogP contribution in [0.1, 0.15) is 0 Å². The second-order valence-electron chi connectivity index (χ2n) is 1.60. The largest absolute Gasteiger partial charge is 0.395 e. The van der Waals surface area contributed by atoms with E-state index in [0.29, 0.717) is 12.8 Å². The minimum atomic E-state index is -0.530. The van der Waals surface area contributed by atoms with Gasteiger partial charge in [-0.1, -0.05) is 0 Å². The lowest BCUT2D eigenvalue weighted by Gasteiger charge is -2.05. The van der Waals surface area contributed by atoms with E-state index in [0.717, 1.165) is 0 Å². The Morgan fingerprint density at radius 2 is 2.22 bits per heavy atom. The molecule has 4 heteroatoms. The van der Waals surface area contributed by atoms with E-state index in [-0.39, 0.29) is 13.2 Å². The van der Waals surface area contributed by atoms with Gasteiger partial charge in [0.15, 0.2) is 0 Å². The van der Waals surface area contributed by atoms with Crippen molar-refractivity contribution in [1.29, 1.82) is 0 Å². The number of carbonyl (C=O) groups is 1. The van der Waals surface area contributed by atoms with Crippen molar-refractivity contribution in [1.82, 2.24) is 5.32 Å². The van der Waals surface area contributed by atoms with Crippen molar-refractivity contribution in [3.8, 4) is 0 Å². The predicted octanol–water partition coefficient (Wildman–Crippen LogP) is -1.87. The zero-order chi connectivity index (χ0) is 7.11. The van der Waals surface area contributed by atoms with Gasteiger partial charge < -0.3 is 20.3 Å². The molecule has 0 aromatic heterocycles. The molecule has 0 fully saturated rings. The van der Waals surface area contributed by atoms with Gasteiger partial charge in [0.2, 0.25) is 0 Å². The monoisotopic (exact) mass is 133 g/mol. The van der Waals surface area contributed by atoms with Crippen LogP contribution in [0, 0.1) is 0 Å². The van der Waals surface area contributed by atoms with Gasteiger partial charge in [-0.2, -0.15) is 0 Å². The van der Waals surface area contributed by atoms with Crippen LogP contribution in [0.4, 0.5) is 0 Å². The first-order chi connectivity index (χ1) is 4.35. The zero-order valence-electron chi connectivity index (χ0n) is 5.08. The highest BCUT2D eigenvalue weighted by Crippen LogP contribution is 1.72. The van der Waals surface area contributed by atoms with Crippen molar-refractivity contribution in [2.75, 3.05) is 19.8 Å². The van der Waals surface area contributed by atoms with Crippen LogP contribution in [0.3, 0.4) is 0 Å². The Labute approximate surface area is 53.5 Å². The molecule has 0 saturated heterocycles. The highest BCUT2D eigenvalue weighted by Gasteiger charge is 2.00. The minimum absolute atomic E-state index is 0.0235. The molecule has 0 aromatic rings. The third-order valence-corrected chi connectivity index (χ3v) is 0.879. The lowest BCUT2D eigenvalue weighted by atomic mass is 10.3. The van der Waals surface area contributed by atoms with Gasteiger partial charge in [-0.15, -0.1) is 0 Å². The van der Waals surface area contributed by atoms with Crippen molar-refractivity contribution in [3.63, 3.8) is 0 Å². The van der Waals surface area contributed by atoms with Crippen molar-refractivity contribution in [3.05, 3.63) is 0 Å². The number of aldehydes is 1. The van der Waals surface area contributed by atoms with Gasteiger partial charge in [0.1, 0.15) is 6.29 Å². The molecule has 0 spiro atoms. The van der Waals surface area contributed by atoms with Crippen molar-refractivity contribution in [2.45, 2.75) is 6.04 Å². The maximum atomic E-state index is 9.94. The lowest BCUT2D eigenvalue weighted by molar-refractivity contribution is -0.110. The Hall–Kier alpha value is -0.450. The van der Waals surface area contributed by atoms with Gasteiger partial charge in [0.25, 0.3) is 0 Å². The van der Waals surface area contributed by atoms with E-state index in [1.165, 1.54) is 0 Å². The predicted molar refractivity (Wildman–Crippen MR) is 32.0 cm³/mol. The summed E-state index contributed by atoms with van der Waals surface area (Å²) in [6.07, 6.45) is 0.607. The van der Waals surface area contributed by atoms with Crippen molar-refractivity contribution in [2.24, 2.45) is 0 Å². The standard InChI is InChI=1S/C5H11NO3/c7-2-1-6-5(3-8)4-9/h3,5-7,9H,1-2,4H2. The first-order valence-electron chi connectivity index (χ1n) is 2.75. The normalized spacial score (nSPS) is 13.1. The molecule has 0 aliphatic carbocycles. The SMILES string of the molecule is O=CC(CO)NCCO. The Morgan fingerprint density at radius 1 is 1.56 bits per heavy atom. The van der Waals surface area contributed by atoms with Crippen molar-refractivity contribution >= 4 is 6.29 Å². The molecule has 0 bridgehead atoms. The van der Waals surface area contributed by atoms with Crippen LogP contribution in [-0.4, -0.2) is 42.3 Å². The third kappa shape index (κ3) is 4.08. The Balaban J connectivity index is 3.20. The second-order valence-corrected chi connectivity index (χ2v) is 1.60. The minimum Gasteiger partial charge on any atom is -0.395 e. The average molecular weight is 133 g/mol. The molecule has 0 amide bonds. The number of nitrogens with one attached hydrogen (secondary N) is 1. The van der Waals surface area contributed by atoms with Crippen LogP contribution in [0.5, 0.6) is 0 Å². The number of carbonyl (C=O) groups excluding carboxylic acids is 1. The van der Waals surface area contributed by atoms with Crippen LogP contribution in [-0.2, 0) is 4.79 Å². The van der Waals surface area contributed by atoms with Crippen LogP contribution in [0.15, 0.2) is 0 Å². The fraction of sp³-hybridized carbons (Fsp3) is 0.800. The number of rotatable bonds is 5.